The lowest BCUT2D eigenvalue weighted by Crippen LogP contribution is -2.09. The monoisotopic (exact) mass is 232 g/mol. The van der Waals surface area contributed by atoms with Crippen LogP contribution in [0.15, 0.2) is 18.2 Å². The molecule has 1 N–H and O–H groups in total. The van der Waals surface area contributed by atoms with Crippen LogP contribution < -0.4 is 0 Å². The fraction of sp³-hybridized carbons (Fsp3) is 0.625. The van der Waals surface area contributed by atoms with Crippen LogP contribution in [0.1, 0.15) is 63.0 Å². The Morgan fingerprint density at radius 1 is 1.18 bits per heavy atom. The molecule has 0 heterocycles. The highest BCUT2D eigenvalue weighted by Gasteiger charge is 2.15. The van der Waals surface area contributed by atoms with Crippen LogP contribution in [0.2, 0.25) is 0 Å². The van der Waals surface area contributed by atoms with E-state index in [4.69, 9.17) is 0 Å². The molecule has 17 heavy (non-hydrogen) atoms. The minimum atomic E-state index is 0.402. The third-order valence-corrected chi connectivity index (χ3v) is 3.97. The highest BCUT2D eigenvalue weighted by molar-refractivity contribution is 5.38. The summed E-state index contributed by atoms with van der Waals surface area (Å²) in [5.74, 6) is 1.72. The van der Waals surface area contributed by atoms with Crippen LogP contribution in [-0.4, -0.2) is 5.11 Å². The second-order valence-corrected chi connectivity index (χ2v) is 5.76. The first-order valence-electron chi connectivity index (χ1n) is 6.98. The maximum Gasteiger partial charge on any atom is 0.119 e. The zero-order valence-electron chi connectivity index (χ0n) is 11.1. The molecule has 1 heteroatoms. The van der Waals surface area contributed by atoms with Gasteiger partial charge in [-0.25, -0.2) is 0 Å². The molecule has 0 spiro atoms. The van der Waals surface area contributed by atoms with Crippen LogP contribution >= 0.6 is 0 Å². The predicted molar refractivity (Wildman–Crippen MR) is 72.5 cm³/mol. The molecular weight excluding hydrogens is 208 g/mol. The molecule has 0 saturated heterocycles. The zero-order valence-corrected chi connectivity index (χ0v) is 11.1. The molecule has 1 saturated carbocycles. The van der Waals surface area contributed by atoms with Crippen molar-refractivity contribution in [3.63, 3.8) is 0 Å². The summed E-state index contributed by atoms with van der Waals surface area (Å²) in [5.41, 5.74) is 2.37. The average Bonchev–Trinajstić information content (AvgIpc) is 2.30. The first-order chi connectivity index (χ1) is 8.16. The molecule has 1 nitrogen and oxygen atoms in total. The third-order valence-electron chi connectivity index (χ3n) is 3.97. The van der Waals surface area contributed by atoms with Crippen molar-refractivity contribution in [3.05, 3.63) is 29.3 Å². The molecule has 1 aliphatic carbocycles. The molecule has 1 aromatic carbocycles. The summed E-state index contributed by atoms with van der Waals surface area (Å²) in [6, 6.07) is 6.27. The number of aromatic hydroxyl groups is 1. The summed E-state index contributed by atoms with van der Waals surface area (Å²) in [6.45, 7) is 4.24. The SMILES string of the molecule is CC(C)c1ccc(CC2CCCCC2)cc1O. The van der Waals surface area contributed by atoms with E-state index >= 15 is 0 Å². The number of hydrogen-bond acceptors (Lipinski definition) is 1. The lowest BCUT2D eigenvalue weighted by atomic mass is 9.84. The number of benzene rings is 1. The summed E-state index contributed by atoms with van der Waals surface area (Å²) in [4.78, 5) is 0. The summed E-state index contributed by atoms with van der Waals surface area (Å²) < 4.78 is 0. The minimum Gasteiger partial charge on any atom is -0.508 e. The lowest BCUT2D eigenvalue weighted by molar-refractivity contribution is 0.356. The summed E-state index contributed by atoms with van der Waals surface area (Å²) >= 11 is 0. The third kappa shape index (κ3) is 3.24. The van der Waals surface area contributed by atoms with E-state index in [1.165, 1.54) is 37.7 Å². The van der Waals surface area contributed by atoms with Crippen molar-refractivity contribution in [1.29, 1.82) is 0 Å². The van der Waals surface area contributed by atoms with E-state index in [1.54, 1.807) is 0 Å². The van der Waals surface area contributed by atoms with Gasteiger partial charge in [0.05, 0.1) is 0 Å². The normalized spacial score (nSPS) is 17.6. The first-order valence-corrected chi connectivity index (χ1v) is 6.98. The topological polar surface area (TPSA) is 20.2 Å². The Bertz CT molecular complexity index is 362. The fourth-order valence-electron chi connectivity index (χ4n) is 2.93. The molecule has 0 amide bonds. The van der Waals surface area contributed by atoms with E-state index in [-0.39, 0.29) is 0 Å². The van der Waals surface area contributed by atoms with Crippen molar-refractivity contribution in [2.75, 3.05) is 0 Å². The molecule has 0 aliphatic heterocycles. The van der Waals surface area contributed by atoms with Gasteiger partial charge in [0.1, 0.15) is 5.75 Å². The number of phenols is 1. The number of hydrogen-bond donors (Lipinski definition) is 1. The maximum atomic E-state index is 9.99. The highest BCUT2D eigenvalue weighted by atomic mass is 16.3. The molecule has 0 aromatic heterocycles. The van der Waals surface area contributed by atoms with E-state index in [2.05, 4.69) is 26.0 Å². The Morgan fingerprint density at radius 2 is 1.88 bits per heavy atom. The maximum absolute atomic E-state index is 9.99. The Morgan fingerprint density at radius 3 is 2.47 bits per heavy atom. The fourth-order valence-corrected chi connectivity index (χ4v) is 2.93. The smallest absolute Gasteiger partial charge is 0.119 e. The van der Waals surface area contributed by atoms with E-state index in [0.717, 1.165) is 17.9 Å². The number of phenolic OH excluding ortho intramolecular Hbond substituents is 1. The van der Waals surface area contributed by atoms with Crippen LogP contribution in [0, 0.1) is 5.92 Å². The van der Waals surface area contributed by atoms with Gasteiger partial charge in [-0.3, -0.25) is 0 Å². The quantitative estimate of drug-likeness (QED) is 0.805. The second kappa shape index (κ2) is 5.57. The Labute approximate surface area is 105 Å². The molecule has 0 unspecified atom stereocenters. The summed E-state index contributed by atoms with van der Waals surface area (Å²) in [7, 11) is 0. The Hall–Kier alpha value is -0.980. The molecule has 0 atom stereocenters. The summed E-state index contributed by atoms with van der Waals surface area (Å²) in [6.07, 6.45) is 8.07. The van der Waals surface area contributed by atoms with Crippen molar-refractivity contribution < 1.29 is 5.11 Å². The van der Waals surface area contributed by atoms with Gasteiger partial charge in [-0.1, -0.05) is 58.1 Å². The van der Waals surface area contributed by atoms with Gasteiger partial charge in [0.2, 0.25) is 0 Å². The van der Waals surface area contributed by atoms with Crippen molar-refractivity contribution >= 4 is 0 Å². The van der Waals surface area contributed by atoms with Crippen LogP contribution in [0.4, 0.5) is 0 Å². The van der Waals surface area contributed by atoms with Gasteiger partial charge < -0.3 is 5.11 Å². The van der Waals surface area contributed by atoms with Crippen molar-refractivity contribution in [2.45, 2.75) is 58.3 Å². The second-order valence-electron chi connectivity index (χ2n) is 5.76. The summed E-state index contributed by atoms with van der Waals surface area (Å²) in [5, 5.41) is 9.99. The molecule has 94 valence electrons. The van der Waals surface area contributed by atoms with E-state index in [0.29, 0.717) is 11.7 Å². The molecule has 1 aromatic rings. The van der Waals surface area contributed by atoms with Crippen LogP contribution in [0.5, 0.6) is 5.75 Å². The standard InChI is InChI=1S/C16H24O/c1-12(2)15-9-8-14(11-16(15)17)10-13-6-4-3-5-7-13/h8-9,11-13,17H,3-7,10H2,1-2H3. The van der Waals surface area contributed by atoms with Crippen molar-refractivity contribution in [3.8, 4) is 5.75 Å². The van der Waals surface area contributed by atoms with Gasteiger partial charge in [-0.05, 0) is 35.4 Å². The Kier molecular flexibility index (Phi) is 4.09. The highest BCUT2D eigenvalue weighted by Crippen LogP contribution is 2.30. The van der Waals surface area contributed by atoms with Gasteiger partial charge in [0.25, 0.3) is 0 Å². The first kappa shape index (κ1) is 12.5. The van der Waals surface area contributed by atoms with Crippen LogP contribution in [-0.2, 0) is 6.42 Å². The molecule has 0 radical (unpaired) electrons. The molecular formula is C16H24O. The van der Waals surface area contributed by atoms with Gasteiger partial charge in [-0.2, -0.15) is 0 Å². The van der Waals surface area contributed by atoms with E-state index in [9.17, 15) is 5.11 Å². The zero-order chi connectivity index (χ0) is 12.3. The molecule has 1 aliphatic rings. The van der Waals surface area contributed by atoms with E-state index in [1.807, 2.05) is 6.07 Å². The largest absolute Gasteiger partial charge is 0.508 e. The predicted octanol–water partition coefficient (Wildman–Crippen LogP) is 4.64. The molecule has 2 rings (SSSR count). The van der Waals surface area contributed by atoms with Gasteiger partial charge in [0, 0.05) is 0 Å². The van der Waals surface area contributed by atoms with E-state index < -0.39 is 0 Å². The van der Waals surface area contributed by atoms with Crippen molar-refractivity contribution in [1.82, 2.24) is 0 Å². The van der Waals surface area contributed by atoms with Gasteiger partial charge in [-0.15, -0.1) is 0 Å². The van der Waals surface area contributed by atoms with Crippen molar-refractivity contribution in [2.24, 2.45) is 5.92 Å². The molecule has 1 fully saturated rings. The van der Waals surface area contributed by atoms with Crippen LogP contribution in [0.3, 0.4) is 0 Å². The molecule has 0 bridgehead atoms. The minimum absolute atomic E-state index is 0.402. The van der Waals surface area contributed by atoms with Gasteiger partial charge >= 0.3 is 0 Å². The van der Waals surface area contributed by atoms with Gasteiger partial charge in [0.15, 0.2) is 0 Å². The van der Waals surface area contributed by atoms with Crippen LogP contribution in [0.25, 0.3) is 0 Å². The average molecular weight is 232 g/mol. The lowest BCUT2D eigenvalue weighted by Gasteiger charge is -2.21. The Balaban J connectivity index is 2.04. The number of rotatable bonds is 3.